The fraction of sp³-hybridized carbons (Fsp3) is 0.200. The van der Waals surface area contributed by atoms with Crippen molar-refractivity contribution < 1.29 is 23.8 Å². The van der Waals surface area contributed by atoms with Crippen LogP contribution in [0, 0.1) is 0 Å². The first-order valence-corrected chi connectivity index (χ1v) is 6.84. The van der Waals surface area contributed by atoms with E-state index in [-0.39, 0.29) is 17.9 Å². The number of esters is 1. The Morgan fingerprint density at radius 1 is 1.41 bits per heavy atom. The van der Waals surface area contributed by atoms with Crippen LogP contribution in [0.25, 0.3) is 0 Å². The Bertz CT molecular complexity index is 669. The van der Waals surface area contributed by atoms with Crippen molar-refractivity contribution in [3.8, 4) is 5.75 Å². The van der Waals surface area contributed by atoms with E-state index in [2.05, 4.69) is 5.32 Å². The summed E-state index contributed by atoms with van der Waals surface area (Å²) in [4.78, 5) is 23.7. The molecular formula is C15H14ClNO5. The van der Waals surface area contributed by atoms with Gasteiger partial charge in [-0.3, -0.25) is 4.79 Å². The molecule has 0 saturated carbocycles. The van der Waals surface area contributed by atoms with Crippen molar-refractivity contribution in [3.05, 3.63) is 52.9 Å². The van der Waals surface area contributed by atoms with E-state index in [1.807, 2.05) is 0 Å². The first kappa shape index (κ1) is 15.9. The van der Waals surface area contributed by atoms with Crippen LogP contribution in [0.4, 0.5) is 0 Å². The minimum Gasteiger partial charge on any atom is -0.507 e. The molecule has 0 radical (unpaired) electrons. The molecule has 0 unspecified atom stereocenters. The smallest absolute Gasteiger partial charge is 0.342 e. The van der Waals surface area contributed by atoms with E-state index in [9.17, 15) is 14.7 Å². The molecule has 1 atom stereocenters. The molecule has 0 aliphatic carbocycles. The van der Waals surface area contributed by atoms with Gasteiger partial charge in [0.25, 0.3) is 5.91 Å². The molecular weight excluding hydrogens is 310 g/mol. The topological polar surface area (TPSA) is 88.8 Å². The maximum Gasteiger partial charge on any atom is 0.342 e. The van der Waals surface area contributed by atoms with Crippen LogP contribution in [0.1, 0.15) is 23.0 Å². The van der Waals surface area contributed by atoms with Gasteiger partial charge in [0.2, 0.25) is 0 Å². The quantitative estimate of drug-likeness (QED) is 0.825. The van der Waals surface area contributed by atoms with Gasteiger partial charge in [0, 0.05) is 5.02 Å². The number of halogens is 1. The molecule has 0 aliphatic rings. The summed E-state index contributed by atoms with van der Waals surface area (Å²) in [7, 11) is 0. The lowest BCUT2D eigenvalue weighted by Crippen LogP contribution is -2.35. The van der Waals surface area contributed by atoms with Crippen LogP contribution < -0.4 is 5.32 Å². The Morgan fingerprint density at radius 2 is 2.18 bits per heavy atom. The minimum absolute atomic E-state index is 0.0601. The lowest BCUT2D eigenvalue weighted by atomic mass is 10.2. The van der Waals surface area contributed by atoms with Crippen molar-refractivity contribution >= 4 is 23.5 Å². The van der Waals surface area contributed by atoms with Gasteiger partial charge in [-0.2, -0.15) is 0 Å². The zero-order valence-corrected chi connectivity index (χ0v) is 12.5. The summed E-state index contributed by atoms with van der Waals surface area (Å²) in [5.74, 6) is -1.00. The zero-order chi connectivity index (χ0) is 16.1. The molecule has 1 aromatic carbocycles. The number of hydrogen-bond acceptors (Lipinski definition) is 5. The van der Waals surface area contributed by atoms with Crippen LogP contribution >= 0.6 is 11.6 Å². The molecule has 22 heavy (non-hydrogen) atoms. The van der Waals surface area contributed by atoms with Gasteiger partial charge in [-0.25, -0.2) is 4.79 Å². The summed E-state index contributed by atoms with van der Waals surface area (Å²) < 4.78 is 10.1. The molecule has 2 rings (SSSR count). The van der Waals surface area contributed by atoms with Gasteiger partial charge in [0.15, 0.2) is 6.10 Å². The standard InChI is InChI=1S/C15H14ClNO5/c1-9(14(19)17-8-11-3-2-6-21-11)22-15(20)12-5-4-10(16)7-13(12)18/h2-7,9,18H,8H2,1H3,(H,17,19)/t9-/m0/s1. The molecule has 0 saturated heterocycles. The second-order valence-electron chi connectivity index (χ2n) is 4.51. The number of rotatable bonds is 5. The number of hydrogen-bond donors (Lipinski definition) is 2. The molecule has 2 aromatic rings. The zero-order valence-electron chi connectivity index (χ0n) is 11.7. The SMILES string of the molecule is C[C@H](OC(=O)c1ccc(Cl)cc1O)C(=O)NCc1ccco1. The van der Waals surface area contributed by atoms with Crippen molar-refractivity contribution in [3.63, 3.8) is 0 Å². The van der Waals surface area contributed by atoms with E-state index in [0.717, 1.165) is 0 Å². The third-order valence-electron chi connectivity index (χ3n) is 2.85. The van der Waals surface area contributed by atoms with Crippen molar-refractivity contribution in [1.29, 1.82) is 0 Å². The van der Waals surface area contributed by atoms with Gasteiger partial charge in [0.1, 0.15) is 17.1 Å². The highest BCUT2D eigenvalue weighted by Gasteiger charge is 2.21. The van der Waals surface area contributed by atoms with Crippen LogP contribution in [0.3, 0.4) is 0 Å². The monoisotopic (exact) mass is 323 g/mol. The third-order valence-corrected chi connectivity index (χ3v) is 3.08. The Hall–Kier alpha value is -2.47. The summed E-state index contributed by atoms with van der Waals surface area (Å²) in [6.07, 6.45) is 0.478. The molecule has 6 nitrogen and oxygen atoms in total. The number of aromatic hydroxyl groups is 1. The number of carbonyl (C=O) groups excluding carboxylic acids is 2. The first-order valence-electron chi connectivity index (χ1n) is 6.47. The number of phenolic OH excluding ortho intramolecular Hbond substituents is 1. The van der Waals surface area contributed by atoms with E-state index in [4.69, 9.17) is 20.8 Å². The fourth-order valence-corrected chi connectivity index (χ4v) is 1.85. The van der Waals surface area contributed by atoms with E-state index in [1.54, 1.807) is 12.1 Å². The van der Waals surface area contributed by atoms with Gasteiger partial charge in [0.05, 0.1) is 12.8 Å². The van der Waals surface area contributed by atoms with Crippen LogP contribution in [0.15, 0.2) is 41.0 Å². The number of benzene rings is 1. The van der Waals surface area contributed by atoms with Crippen LogP contribution in [0.2, 0.25) is 5.02 Å². The van der Waals surface area contributed by atoms with Crippen molar-refractivity contribution in [1.82, 2.24) is 5.32 Å². The van der Waals surface area contributed by atoms with Crippen LogP contribution in [0.5, 0.6) is 5.75 Å². The van der Waals surface area contributed by atoms with Gasteiger partial charge in [-0.15, -0.1) is 0 Å². The third kappa shape index (κ3) is 4.02. The molecule has 0 bridgehead atoms. The van der Waals surface area contributed by atoms with E-state index in [0.29, 0.717) is 10.8 Å². The fourth-order valence-electron chi connectivity index (χ4n) is 1.69. The van der Waals surface area contributed by atoms with Crippen LogP contribution in [-0.2, 0) is 16.1 Å². The Kier molecular flexibility index (Phi) is 5.06. The number of carbonyl (C=O) groups is 2. The second kappa shape index (κ2) is 7.00. The number of ether oxygens (including phenoxy) is 1. The predicted molar refractivity (Wildman–Crippen MR) is 78.5 cm³/mol. The van der Waals surface area contributed by atoms with Gasteiger partial charge in [-0.05, 0) is 37.3 Å². The van der Waals surface area contributed by atoms with E-state index in [1.165, 1.54) is 31.4 Å². The summed E-state index contributed by atoms with van der Waals surface area (Å²) in [5, 5.41) is 12.5. The Labute approximate surface area is 131 Å². The van der Waals surface area contributed by atoms with Gasteiger partial charge >= 0.3 is 5.97 Å². The Balaban J connectivity index is 1.91. The van der Waals surface area contributed by atoms with E-state index < -0.39 is 18.0 Å². The average molecular weight is 324 g/mol. The largest absolute Gasteiger partial charge is 0.507 e. The second-order valence-corrected chi connectivity index (χ2v) is 4.94. The minimum atomic E-state index is -1.02. The number of phenols is 1. The molecule has 116 valence electrons. The maximum absolute atomic E-state index is 11.9. The van der Waals surface area contributed by atoms with Crippen LogP contribution in [-0.4, -0.2) is 23.1 Å². The molecule has 1 heterocycles. The summed E-state index contributed by atoms with van der Waals surface area (Å²) in [6.45, 7) is 1.63. The molecule has 0 spiro atoms. The van der Waals surface area contributed by atoms with Crippen molar-refractivity contribution in [2.24, 2.45) is 0 Å². The van der Waals surface area contributed by atoms with E-state index >= 15 is 0 Å². The highest BCUT2D eigenvalue weighted by molar-refractivity contribution is 6.30. The summed E-state index contributed by atoms with van der Waals surface area (Å²) in [5.41, 5.74) is -0.0601. The Morgan fingerprint density at radius 3 is 2.82 bits per heavy atom. The molecule has 0 aliphatic heterocycles. The molecule has 2 N–H and O–H groups in total. The highest BCUT2D eigenvalue weighted by Crippen LogP contribution is 2.22. The normalized spacial score (nSPS) is 11.7. The number of amides is 1. The summed E-state index contributed by atoms with van der Waals surface area (Å²) >= 11 is 5.68. The van der Waals surface area contributed by atoms with Crippen molar-refractivity contribution in [2.75, 3.05) is 0 Å². The van der Waals surface area contributed by atoms with Gasteiger partial charge < -0.3 is 19.6 Å². The van der Waals surface area contributed by atoms with Gasteiger partial charge in [-0.1, -0.05) is 11.6 Å². The predicted octanol–water partition coefficient (Wildman–Crippen LogP) is 2.50. The lowest BCUT2D eigenvalue weighted by molar-refractivity contribution is -0.129. The number of furan rings is 1. The number of nitrogens with one attached hydrogen (secondary N) is 1. The average Bonchev–Trinajstić information content (AvgIpc) is 2.97. The molecule has 1 amide bonds. The lowest BCUT2D eigenvalue weighted by Gasteiger charge is -2.13. The first-order chi connectivity index (χ1) is 10.5. The highest BCUT2D eigenvalue weighted by atomic mass is 35.5. The summed E-state index contributed by atoms with van der Waals surface area (Å²) in [6, 6.07) is 7.41. The van der Waals surface area contributed by atoms with Crippen molar-refractivity contribution in [2.45, 2.75) is 19.6 Å². The molecule has 1 aromatic heterocycles. The maximum atomic E-state index is 11.9. The molecule has 7 heteroatoms. The molecule has 0 fully saturated rings.